The highest BCUT2D eigenvalue weighted by molar-refractivity contribution is 7.09. The molecule has 0 spiro atoms. The van der Waals surface area contributed by atoms with Crippen LogP contribution >= 0.6 is 11.3 Å². The number of thiazole rings is 1. The number of piperidine rings is 1. The first-order valence-corrected chi connectivity index (χ1v) is 8.91. The van der Waals surface area contributed by atoms with Crippen molar-refractivity contribution in [2.24, 2.45) is 5.73 Å². The molecule has 0 saturated carbocycles. The number of carbonyl (C=O) groups is 2. The Hall–Kier alpha value is -2.25. The molecule has 0 bridgehead atoms. The van der Waals surface area contributed by atoms with Crippen molar-refractivity contribution < 1.29 is 9.59 Å². The molecule has 0 atom stereocenters. The highest BCUT2D eigenvalue weighted by Crippen LogP contribution is 2.21. The van der Waals surface area contributed by atoms with E-state index in [1.54, 1.807) is 23.6 Å². The van der Waals surface area contributed by atoms with Gasteiger partial charge in [-0.05, 0) is 31.4 Å². The SMILES string of the molecule is NCc1nc(C(=O)Nc2ccccc2C(=O)N2CCCCC2)cs1. The maximum atomic E-state index is 12.7. The van der Waals surface area contributed by atoms with Crippen LogP contribution < -0.4 is 11.1 Å². The van der Waals surface area contributed by atoms with Crippen LogP contribution in [0.5, 0.6) is 0 Å². The zero-order valence-corrected chi connectivity index (χ0v) is 14.1. The Bertz CT molecular complexity index is 738. The monoisotopic (exact) mass is 344 g/mol. The van der Waals surface area contributed by atoms with E-state index in [0.29, 0.717) is 28.5 Å². The van der Waals surface area contributed by atoms with E-state index >= 15 is 0 Å². The molecular formula is C17H20N4O2S. The Balaban J connectivity index is 1.78. The van der Waals surface area contributed by atoms with E-state index in [1.807, 2.05) is 11.0 Å². The standard InChI is InChI=1S/C17H20N4O2S/c18-10-15-19-14(11-24-15)16(22)20-13-7-3-2-6-12(13)17(23)21-8-4-1-5-9-21/h2-3,6-7,11H,1,4-5,8-10,18H2,(H,20,22). The molecule has 2 aromatic rings. The van der Waals surface area contributed by atoms with E-state index in [0.717, 1.165) is 32.4 Å². The summed E-state index contributed by atoms with van der Waals surface area (Å²) < 4.78 is 0. The van der Waals surface area contributed by atoms with Gasteiger partial charge in [-0.3, -0.25) is 9.59 Å². The molecule has 7 heteroatoms. The average molecular weight is 344 g/mol. The fourth-order valence-electron chi connectivity index (χ4n) is 2.74. The average Bonchev–Trinajstić information content (AvgIpc) is 3.12. The molecule has 0 aliphatic carbocycles. The zero-order chi connectivity index (χ0) is 16.9. The molecule has 6 nitrogen and oxygen atoms in total. The van der Waals surface area contributed by atoms with E-state index in [1.165, 1.54) is 11.3 Å². The van der Waals surface area contributed by atoms with Crippen LogP contribution in [-0.4, -0.2) is 34.8 Å². The lowest BCUT2D eigenvalue weighted by atomic mass is 10.1. The van der Waals surface area contributed by atoms with Crippen molar-refractivity contribution in [3.8, 4) is 0 Å². The number of anilines is 1. The maximum Gasteiger partial charge on any atom is 0.275 e. The lowest BCUT2D eigenvalue weighted by Gasteiger charge is -2.27. The molecule has 1 aromatic carbocycles. The minimum Gasteiger partial charge on any atom is -0.339 e. The van der Waals surface area contributed by atoms with Crippen molar-refractivity contribution in [2.45, 2.75) is 25.8 Å². The molecule has 1 aromatic heterocycles. The number of rotatable bonds is 4. The highest BCUT2D eigenvalue weighted by atomic mass is 32.1. The fraction of sp³-hybridized carbons (Fsp3) is 0.353. The van der Waals surface area contributed by atoms with Gasteiger partial charge >= 0.3 is 0 Å². The third-order valence-electron chi connectivity index (χ3n) is 4.01. The van der Waals surface area contributed by atoms with Crippen LogP contribution in [0.1, 0.15) is 45.1 Å². The van der Waals surface area contributed by atoms with Crippen LogP contribution in [0, 0.1) is 0 Å². The van der Waals surface area contributed by atoms with Crippen LogP contribution in [0.15, 0.2) is 29.6 Å². The summed E-state index contributed by atoms with van der Waals surface area (Å²) in [6.45, 7) is 1.85. The summed E-state index contributed by atoms with van der Waals surface area (Å²) in [7, 11) is 0. The first-order valence-electron chi connectivity index (χ1n) is 8.03. The van der Waals surface area contributed by atoms with Crippen LogP contribution in [0.3, 0.4) is 0 Å². The van der Waals surface area contributed by atoms with Crippen molar-refractivity contribution in [1.82, 2.24) is 9.88 Å². The maximum absolute atomic E-state index is 12.7. The number of carbonyl (C=O) groups excluding carboxylic acids is 2. The van der Waals surface area contributed by atoms with Crippen molar-refractivity contribution in [2.75, 3.05) is 18.4 Å². The summed E-state index contributed by atoms with van der Waals surface area (Å²) in [4.78, 5) is 31.1. The Kier molecular flexibility index (Phi) is 5.22. The molecular weight excluding hydrogens is 324 g/mol. The second kappa shape index (κ2) is 7.55. The first kappa shape index (κ1) is 16.6. The predicted octanol–water partition coefficient (Wildman–Crippen LogP) is 2.48. The van der Waals surface area contributed by atoms with Gasteiger partial charge < -0.3 is 16.0 Å². The molecule has 0 unspecified atom stereocenters. The van der Waals surface area contributed by atoms with Crippen molar-refractivity contribution in [1.29, 1.82) is 0 Å². The number of likely N-dealkylation sites (tertiary alicyclic amines) is 1. The normalized spacial score (nSPS) is 14.5. The Labute approximate surface area is 144 Å². The fourth-order valence-corrected chi connectivity index (χ4v) is 3.40. The molecule has 24 heavy (non-hydrogen) atoms. The van der Waals surface area contributed by atoms with E-state index < -0.39 is 0 Å². The summed E-state index contributed by atoms with van der Waals surface area (Å²) in [5.41, 5.74) is 6.88. The second-order valence-corrected chi connectivity index (χ2v) is 6.63. The van der Waals surface area contributed by atoms with Gasteiger partial charge in [-0.2, -0.15) is 0 Å². The predicted molar refractivity (Wildman–Crippen MR) is 94.2 cm³/mol. The van der Waals surface area contributed by atoms with Crippen molar-refractivity contribution in [3.05, 3.63) is 45.9 Å². The smallest absolute Gasteiger partial charge is 0.275 e. The number of nitrogens with two attached hydrogens (primary N) is 1. The van der Waals surface area contributed by atoms with E-state index in [-0.39, 0.29) is 11.8 Å². The van der Waals surface area contributed by atoms with Crippen LogP contribution in [0.4, 0.5) is 5.69 Å². The van der Waals surface area contributed by atoms with Crippen molar-refractivity contribution >= 4 is 28.8 Å². The van der Waals surface area contributed by atoms with Gasteiger partial charge in [-0.25, -0.2) is 4.98 Å². The Morgan fingerprint density at radius 3 is 2.67 bits per heavy atom. The number of hydrogen-bond donors (Lipinski definition) is 2. The molecule has 1 saturated heterocycles. The number of aromatic nitrogens is 1. The second-order valence-electron chi connectivity index (χ2n) is 5.68. The number of nitrogens with one attached hydrogen (secondary N) is 1. The lowest BCUT2D eigenvalue weighted by molar-refractivity contribution is 0.0725. The van der Waals surface area contributed by atoms with Gasteiger partial charge in [0.05, 0.1) is 11.3 Å². The minimum atomic E-state index is -0.329. The molecule has 3 rings (SSSR count). The Morgan fingerprint density at radius 1 is 1.21 bits per heavy atom. The number of benzene rings is 1. The van der Waals surface area contributed by atoms with Gasteiger partial charge in [-0.15, -0.1) is 11.3 Å². The molecule has 2 amide bonds. The number of nitrogens with zero attached hydrogens (tertiary/aromatic N) is 2. The van der Waals surface area contributed by atoms with E-state index in [4.69, 9.17) is 5.73 Å². The van der Waals surface area contributed by atoms with Gasteiger partial charge in [-0.1, -0.05) is 12.1 Å². The number of para-hydroxylation sites is 1. The molecule has 1 aliphatic rings. The van der Waals surface area contributed by atoms with Gasteiger partial charge in [0.1, 0.15) is 10.7 Å². The molecule has 0 radical (unpaired) electrons. The van der Waals surface area contributed by atoms with E-state index in [9.17, 15) is 9.59 Å². The van der Waals surface area contributed by atoms with E-state index in [2.05, 4.69) is 10.3 Å². The first-order chi connectivity index (χ1) is 11.7. The van der Waals surface area contributed by atoms with Crippen LogP contribution in [0.2, 0.25) is 0 Å². The minimum absolute atomic E-state index is 0.0356. The van der Waals surface area contributed by atoms with Gasteiger partial charge in [0.15, 0.2) is 0 Å². The van der Waals surface area contributed by atoms with Gasteiger partial charge in [0, 0.05) is 25.0 Å². The highest BCUT2D eigenvalue weighted by Gasteiger charge is 2.21. The van der Waals surface area contributed by atoms with Crippen LogP contribution in [-0.2, 0) is 6.54 Å². The largest absolute Gasteiger partial charge is 0.339 e. The summed E-state index contributed by atoms with van der Waals surface area (Å²) >= 11 is 1.35. The summed E-state index contributed by atoms with van der Waals surface area (Å²) in [6, 6.07) is 7.10. The summed E-state index contributed by atoms with van der Waals surface area (Å²) in [6.07, 6.45) is 3.22. The third-order valence-corrected chi connectivity index (χ3v) is 4.88. The van der Waals surface area contributed by atoms with Crippen LogP contribution in [0.25, 0.3) is 0 Å². The quantitative estimate of drug-likeness (QED) is 0.892. The summed E-state index contributed by atoms with van der Waals surface area (Å²) in [5.74, 6) is -0.364. The molecule has 1 aliphatic heterocycles. The molecule has 2 heterocycles. The molecule has 3 N–H and O–H groups in total. The van der Waals surface area contributed by atoms with Crippen molar-refractivity contribution in [3.63, 3.8) is 0 Å². The zero-order valence-electron chi connectivity index (χ0n) is 13.3. The lowest BCUT2D eigenvalue weighted by Crippen LogP contribution is -2.36. The molecule has 1 fully saturated rings. The molecule has 126 valence electrons. The Morgan fingerprint density at radius 2 is 1.96 bits per heavy atom. The summed E-state index contributed by atoms with van der Waals surface area (Å²) in [5, 5.41) is 5.18. The number of amides is 2. The number of hydrogen-bond acceptors (Lipinski definition) is 5. The topological polar surface area (TPSA) is 88.3 Å². The third kappa shape index (κ3) is 3.63. The van der Waals surface area contributed by atoms with Gasteiger partial charge in [0.25, 0.3) is 11.8 Å². The van der Waals surface area contributed by atoms with Gasteiger partial charge in [0.2, 0.25) is 0 Å².